The van der Waals surface area contributed by atoms with Crippen LogP contribution >= 0.6 is 0 Å². The lowest BCUT2D eigenvalue weighted by Crippen LogP contribution is -2.33. The molecule has 0 aromatic heterocycles. The monoisotopic (exact) mass is 263 g/mol. The van der Waals surface area contributed by atoms with Crippen molar-refractivity contribution in [1.82, 2.24) is 5.32 Å². The molecule has 1 aromatic carbocycles. The van der Waals surface area contributed by atoms with Gasteiger partial charge in [0.15, 0.2) is 0 Å². The highest BCUT2D eigenvalue weighted by Crippen LogP contribution is 2.25. The van der Waals surface area contributed by atoms with Gasteiger partial charge in [-0.2, -0.15) is 0 Å². The number of benzene rings is 1. The van der Waals surface area contributed by atoms with E-state index in [0.717, 1.165) is 18.0 Å². The Labute approximate surface area is 116 Å². The third-order valence-corrected chi connectivity index (χ3v) is 4.53. The molecule has 2 heteroatoms. The first-order valence-electron chi connectivity index (χ1n) is 7.65. The number of hydrogen-bond donors (Lipinski definition) is 1. The minimum absolute atomic E-state index is 0.141. The Kier molecular flexibility index (Phi) is 5.38. The standard InChI is InChI=1S/C17H26FN/c1-13-11-17(18)10-9-16(13)12-19-14(2)15-7-5-3-4-6-8-15/h9-11,14-15,19H,3-8,12H2,1-2H3/t14-/m1/s1. The van der Waals surface area contributed by atoms with Gasteiger partial charge in [0.25, 0.3) is 0 Å². The highest BCUT2D eigenvalue weighted by molar-refractivity contribution is 5.26. The third kappa shape index (κ3) is 4.31. The normalized spacial score (nSPS) is 19.1. The summed E-state index contributed by atoms with van der Waals surface area (Å²) in [6, 6.07) is 5.63. The summed E-state index contributed by atoms with van der Waals surface area (Å²) in [6.45, 7) is 5.13. The summed E-state index contributed by atoms with van der Waals surface area (Å²) < 4.78 is 13.1. The van der Waals surface area contributed by atoms with Gasteiger partial charge in [-0.1, -0.05) is 31.7 Å². The molecule has 1 saturated carbocycles. The molecular formula is C17H26FN. The van der Waals surface area contributed by atoms with Crippen LogP contribution in [-0.2, 0) is 6.54 Å². The van der Waals surface area contributed by atoms with Gasteiger partial charge in [0.05, 0.1) is 0 Å². The molecule has 19 heavy (non-hydrogen) atoms. The molecule has 0 saturated heterocycles. The zero-order chi connectivity index (χ0) is 13.7. The highest BCUT2D eigenvalue weighted by atomic mass is 19.1. The second-order valence-electron chi connectivity index (χ2n) is 5.99. The lowest BCUT2D eigenvalue weighted by Gasteiger charge is -2.24. The maximum atomic E-state index is 13.1. The molecule has 2 rings (SSSR count). The number of aryl methyl sites for hydroxylation is 1. The van der Waals surface area contributed by atoms with Crippen LogP contribution in [0.4, 0.5) is 4.39 Å². The van der Waals surface area contributed by atoms with E-state index in [1.165, 1.54) is 44.1 Å². The summed E-state index contributed by atoms with van der Waals surface area (Å²) in [5, 5.41) is 3.63. The van der Waals surface area contributed by atoms with Gasteiger partial charge < -0.3 is 5.32 Å². The molecule has 0 bridgehead atoms. The molecule has 0 aliphatic heterocycles. The molecule has 1 nitrogen and oxygen atoms in total. The fraction of sp³-hybridized carbons (Fsp3) is 0.647. The Morgan fingerprint density at radius 3 is 2.53 bits per heavy atom. The van der Waals surface area contributed by atoms with E-state index in [-0.39, 0.29) is 5.82 Å². The maximum absolute atomic E-state index is 13.1. The van der Waals surface area contributed by atoms with Crippen molar-refractivity contribution in [3.05, 3.63) is 35.1 Å². The van der Waals surface area contributed by atoms with Crippen LogP contribution in [0.3, 0.4) is 0 Å². The lowest BCUT2D eigenvalue weighted by atomic mass is 9.93. The van der Waals surface area contributed by atoms with Crippen LogP contribution in [0.25, 0.3) is 0 Å². The van der Waals surface area contributed by atoms with Crippen molar-refractivity contribution < 1.29 is 4.39 Å². The summed E-state index contributed by atoms with van der Waals surface area (Å²) in [5.74, 6) is 0.668. The van der Waals surface area contributed by atoms with Crippen LogP contribution in [0.5, 0.6) is 0 Å². The van der Waals surface area contributed by atoms with Gasteiger partial charge in [0.2, 0.25) is 0 Å². The molecule has 0 amide bonds. The minimum atomic E-state index is -0.141. The van der Waals surface area contributed by atoms with Gasteiger partial charge in [-0.25, -0.2) is 4.39 Å². The van der Waals surface area contributed by atoms with Crippen LogP contribution in [-0.4, -0.2) is 6.04 Å². The molecule has 1 fully saturated rings. The minimum Gasteiger partial charge on any atom is -0.310 e. The van der Waals surface area contributed by atoms with E-state index < -0.39 is 0 Å². The van der Waals surface area contributed by atoms with Crippen molar-refractivity contribution in [2.45, 2.75) is 65.0 Å². The summed E-state index contributed by atoms with van der Waals surface area (Å²) in [7, 11) is 0. The Balaban J connectivity index is 1.86. The van der Waals surface area contributed by atoms with Crippen LogP contribution < -0.4 is 5.32 Å². The fourth-order valence-electron chi connectivity index (χ4n) is 3.11. The third-order valence-electron chi connectivity index (χ3n) is 4.53. The van der Waals surface area contributed by atoms with E-state index in [4.69, 9.17) is 0 Å². The van der Waals surface area contributed by atoms with Crippen molar-refractivity contribution in [1.29, 1.82) is 0 Å². The number of halogens is 1. The van der Waals surface area contributed by atoms with Gasteiger partial charge in [0.1, 0.15) is 5.82 Å². The van der Waals surface area contributed by atoms with Crippen molar-refractivity contribution in [2.24, 2.45) is 5.92 Å². The van der Waals surface area contributed by atoms with Gasteiger partial charge in [-0.15, -0.1) is 0 Å². The Morgan fingerprint density at radius 1 is 1.21 bits per heavy atom. The quantitative estimate of drug-likeness (QED) is 0.784. The van der Waals surface area contributed by atoms with E-state index in [2.05, 4.69) is 12.2 Å². The topological polar surface area (TPSA) is 12.0 Å². The summed E-state index contributed by atoms with van der Waals surface area (Å²) in [4.78, 5) is 0. The lowest BCUT2D eigenvalue weighted by molar-refractivity contribution is 0.336. The molecule has 1 aliphatic carbocycles. The average molecular weight is 263 g/mol. The molecule has 1 aliphatic rings. The van der Waals surface area contributed by atoms with Crippen molar-refractivity contribution >= 4 is 0 Å². The highest BCUT2D eigenvalue weighted by Gasteiger charge is 2.18. The Morgan fingerprint density at radius 2 is 1.89 bits per heavy atom. The first-order chi connectivity index (χ1) is 9.16. The van der Waals surface area contributed by atoms with E-state index >= 15 is 0 Å². The molecule has 1 N–H and O–H groups in total. The van der Waals surface area contributed by atoms with Gasteiger partial charge in [-0.05, 0) is 55.9 Å². The molecule has 0 radical (unpaired) electrons. The largest absolute Gasteiger partial charge is 0.310 e. The number of nitrogens with one attached hydrogen (secondary N) is 1. The Hall–Kier alpha value is -0.890. The predicted octanol–water partition coefficient (Wildman–Crippen LogP) is 4.58. The fourth-order valence-corrected chi connectivity index (χ4v) is 3.11. The van der Waals surface area contributed by atoms with Crippen LogP contribution in [0.15, 0.2) is 18.2 Å². The summed E-state index contributed by atoms with van der Waals surface area (Å²) in [5.41, 5.74) is 2.25. The van der Waals surface area contributed by atoms with E-state index in [9.17, 15) is 4.39 Å². The molecule has 106 valence electrons. The summed E-state index contributed by atoms with van der Waals surface area (Å²) >= 11 is 0. The van der Waals surface area contributed by atoms with Crippen molar-refractivity contribution in [3.8, 4) is 0 Å². The van der Waals surface area contributed by atoms with E-state index in [1.807, 2.05) is 13.0 Å². The predicted molar refractivity (Wildman–Crippen MR) is 78.6 cm³/mol. The zero-order valence-corrected chi connectivity index (χ0v) is 12.2. The molecule has 1 aromatic rings. The average Bonchev–Trinajstić information content (AvgIpc) is 2.66. The maximum Gasteiger partial charge on any atom is 0.123 e. The molecule has 0 unspecified atom stereocenters. The van der Waals surface area contributed by atoms with Crippen LogP contribution in [0.1, 0.15) is 56.6 Å². The van der Waals surface area contributed by atoms with Crippen molar-refractivity contribution in [3.63, 3.8) is 0 Å². The molecule has 0 heterocycles. The molecule has 1 atom stereocenters. The Bertz CT molecular complexity index is 394. The molecular weight excluding hydrogens is 237 g/mol. The first kappa shape index (κ1) is 14.5. The van der Waals surface area contributed by atoms with E-state index in [0.29, 0.717) is 6.04 Å². The van der Waals surface area contributed by atoms with Gasteiger partial charge in [-0.3, -0.25) is 0 Å². The van der Waals surface area contributed by atoms with Crippen LogP contribution in [0.2, 0.25) is 0 Å². The molecule has 0 spiro atoms. The SMILES string of the molecule is Cc1cc(F)ccc1CN[C@H](C)C1CCCCCC1. The number of hydrogen-bond acceptors (Lipinski definition) is 1. The van der Waals surface area contributed by atoms with Crippen molar-refractivity contribution in [2.75, 3.05) is 0 Å². The summed E-state index contributed by atoms with van der Waals surface area (Å²) in [6.07, 6.45) is 8.28. The first-order valence-corrected chi connectivity index (χ1v) is 7.65. The smallest absolute Gasteiger partial charge is 0.123 e. The second-order valence-corrected chi connectivity index (χ2v) is 5.99. The van der Waals surface area contributed by atoms with Crippen LogP contribution in [0, 0.1) is 18.7 Å². The second kappa shape index (κ2) is 7.04. The van der Waals surface area contributed by atoms with E-state index in [1.54, 1.807) is 12.1 Å². The van der Waals surface area contributed by atoms with Gasteiger partial charge >= 0.3 is 0 Å². The zero-order valence-electron chi connectivity index (χ0n) is 12.2. The number of rotatable bonds is 4. The van der Waals surface area contributed by atoms with Gasteiger partial charge in [0, 0.05) is 12.6 Å².